The summed E-state index contributed by atoms with van der Waals surface area (Å²) in [6, 6.07) is 0. The van der Waals surface area contributed by atoms with Crippen molar-refractivity contribution < 1.29 is 9.53 Å². The number of carbonyl (C=O) groups is 1. The third kappa shape index (κ3) is 3.37. The summed E-state index contributed by atoms with van der Waals surface area (Å²) in [5.74, 6) is 0.419. The summed E-state index contributed by atoms with van der Waals surface area (Å²) in [5.41, 5.74) is 1.37. The zero-order valence-corrected chi connectivity index (χ0v) is 10.3. The molecule has 1 aliphatic carbocycles. The molecule has 0 heterocycles. The largest absolute Gasteiger partial charge is 0.458 e. The Morgan fingerprint density at radius 2 is 2.07 bits per heavy atom. The quantitative estimate of drug-likeness (QED) is 0.490. The van der Waals surface area contributed by atoms with Crippen molar-refractivity contribution in [3.63, 3.8) is 0 Å². The van der Waals surface area contributed by atoms with Crippen LogP contribution in [0.25, 0.3) is 0 Å². The highest BCUT2D eigenvalue weighted by Crippen LogP contribution is 2.40. The lowest BCUT2D eigenvalue weighted by atomic mass is 9.70. The fraction of sp³-hybridized carbons (Fsp3) is 0.769. The Hall–Kier alpha value is -0.790. The van der Waals surface area contributed by atoms with Crippen LogP contribution in [-0.4, -0.2) is 12.1 Å². The maximum absolute atomic E-state index is 11.0. The Bertz CT molecular complexity index is 260. The molecule has 1 saturated carbocycles. The van der Waals surface area contributed by atoms with Gasteiger partial charge in [-0.3, -0.25) is 4.79 Å². The molecule has 2 atom stereocenters. The second-order valence-corrected chi connectivity index (χ2v) is 5.59. The predicted octanol–water partition coefficient (Wildman–Crippen LogP) is 3.32. The van der Waals surface area contributed by atoms with Crippen molar-refractivity contribution in [2.45, 2.75) is 53.1 Å². The van der Waals surface area contributed by atoms with Gasteiger partial charge < -0.3 is 4.74 Å². The highest BCUT2D eigenvalue weighted by Gasteiger charge is 2.33. The average molecular weight is 210 g/mol. The molecule has 0 saturated heterocycles. The van der Waals surface area contributed by atoms with Crippen molar-refractivity contribution >= 4 is 5.97 Å². The molecular formula is C13H22O2. The van der Waals surface area contributed by atoms with Crippen LogP contribution in [0.4, 0.5) is 0 Å². The summed E-state index contributed by atoms with van der Waals surface area (Å²) < 4.78 is 5.29. The fourth-order valence-corrected chi connectivity index (χ4v) is 2.18. The molecule has 2 nitrogen and oxygen atoms in total. The molecule has 0 aromatic heterocycles. The van der Waals surface area contributed by atoms with Crippen LogP contribution in [-0.2, 0) is 9.53 Å². The summed E-state index contributed by atoms with van der Waals surface area (Å²) in [7, 11) is 0. The zero-order chi connectivity index (χ0) is 11.6. The minimum Gasteiger partial charge on any atom is -0.458 e. The smallest absolute Gasteiger partial charge is 0.303 e. The first-order chi connectivity index (χ1) is 6.80. The topological polar surface area (TPSA) is 26.3 Å². The van der Waals surface area contributed by atoms with E-state index in [2.05, 4.69) is 27.4 Å². The van der Waals surface area contributed by atoms with Crippen LogP contribution in [0.15, 0.2) is 12.2 Å². The van der Waals surface area contributed by atoms with E-state index in [1.165, 1.54) is 13.3 Å². The Labute approximate surface area is 92.7 Å². The molecule has 0 unspecified atom stereocenters. The van der Waals surface area contributed by atoms with Crippen LogP contribution in [0.5, 0.6) is 0 Å². The van der Waals surface area contributed by atoms with Gasteiger partial charge in [0.05, 0.1) is 0 Å². The highest BCUT2D eigenvalue weighted by molar-refractivity contribution is 5.66. The van der Waals surface area contributed by atoms with E-state index < -0.39 is 0 Å². The molecule has 86 valence electrons. The molecule has 0 N–H and O–H groups in total. The van der Waals surface area contributed by atoms with Crippen LogP contribution in [0, 0.1) is 11.3 Å². The lowest BCUT2D eigenvalue weighted by molar-refractivity contribution is -0.146. The van der Waals surface area contributed by atoms with Gasteiger partial charge in [-0.1, -0.05) is 27.4 Å². The van der Waals surface area contributed by atoms with E-state index in [1.807, 2.05) is 0 Å². The van der Waals surface area contributed by atoms with E-state index in [-0.39, 0.29) is 12.1 Å². The van der Waals surface area contributed by atoms with Gasteiger partial charge in [-0.15, -0.1) is 0 Å². The van der Waals surface area contributed by atoms with Crippen molar-refractivity contribution in [1.82, 2.24) is 0 Å². The Kier molecular flexibility index (Phi) is 3.58. The molecule has 1 fully saturated rings. The maximum Gasteiger partial charge on any atom is 0.303 e. The molecule has 0 amide bonds. The van der Waals surface area contributed by atoms with E-state index in [0.29, 0.717) is 11.3 Å². The molecule has 0 aliphatic heterocycles. The Balaban J connectivity index is 2.64. The molecule has 0 aromatic rings. The number of rotatable bonds is 1. The van der Waals surface area contributed by atoms with Crippen molar-refractivity contribution in [2.24, 2.45) is 11.3 Å². The molecule has 1 aliphatic rings. The van der Waals surface area contributed by atoms with Crippen LogP contribution in [0.1, 0.15) is 47.0 Å². The average Bonchev–Trinajstić information content (AvgIpc) is 2.06. The van der Waals surface area contributed by atoms with E-state index in [9.17, 15) is 4.79 Å². The number of carbonyl (C=O) groups excluding carboxylic acids is 1. The van der Waals surface area contributed by atoms with Crippen molar-refractivity contribution in [2.75, 3.05) is 0 Å². The number of ether oxygens (including phenoxy) is 1. The molecule has 1 rings (SSSR count). The predicted molar refractivity (Wildman–Crippen MR) is 61.5 cm³/mol. The molecule has 0 bridgehead atoms. The third-order valence-corrected chi connectivity index (χ3v) is 3.30. The zero-order valence-electron chi connectivity index (χ0n) is 10.3. The van der Waals surface area contributed by atoms with Crippen molar-refractivity contribution in [3.8, 4) is 0 Å². The minimum absolute atomic E-state index is 0.0551. The van der Waals surface area contributed by atoms with E-state index in [1.54, 1.807) is 0 Å². The minimum atomic E-state index is -0.198. The lowest BCUT2D eigenvalue weighted by Gasteiger charge is -2.38. The molecule has 0 aromatic carbocycles. The lowest BCUT2D eigenvalue weighted by Crippen LogP contribution is -2.32. The summed E-state index contributed by atoms with van der Waals surface area (Å²) >= 11 is 0. The van der Waals surface area contributed by atoms with Gasteiger partial charge in [-0.05, 0) is 36.2 Å². The summed E-state index contributed by atoms with van der Waals surface area (Å²) in [6.07, 6.45) is 3.03. The fourth-order valence-electron chi connectivity index (χ4n) is 2.18. The van der Waals surface area contributed by atoms with Gasteiger partial charge in [0.2, 0.25) is 0 Å². The van der Waals surface area contributed by atoms with Gasteiger partial charge >= 0.3 is 5.97 Å². The second-order valence-electron chi connectivity index (χ2n) is 5.59. The molecule has 15 heavy (non-hydrogen) atoms. The van der Waals surface area contributed by atoms with E-state index in [4.69, 9.17) is 4.74 Å². The molecule has 0 radical (unpaired) electrons. The summed E-state index contributed by atoms with van der Waals surface area (Å²) in [5, 5.41) is 0. The van der Waals surface area contributed by atoms with Crippen LogP contribution >= 0.6 is 0 Å². The summed E-state index contributed by atoms with van der Waals surface area (Å²) in [4.78, 5) is 11.0. The van der Waals surface area contributed by atoms with Gasteiger partial charge in [0.1, 0.15) is 6.10 Å². The van der Waals surface area contributed by atoms with Gasteiger partial charge in [-0.25, -0.2) is 0 Å². The standard InChI is InChI=1S/C13H22O2/c1-9-6-7-11(13(3,4)5)8-12(9)15-10(2)14/h11-12H,1,6-8H2,2-5H3/t11-,12-/m0/s1. The SMILES string of the molecule is C=C1CC[C@H](C(C)(C)C)C[C@@H]1OC(C)=O. The molecular weight excluding hydrogens is 188 g/mol. The van der Waals surface area contributed by atoms with Gasteiger partial charge in [0.25, 0.3) is 0 Å². The first-order valence-corrected chi connectivity index (χ1v) is 5.65. The maximum atomic E-state index is 11.0. The molecule has 0 spiro atoms. The second kappa shape index (κ2) is 4.38. The monoisotopic (exact) mass is 210 g/mol. The number of hydrogen-bond donors (Lipinski definition) is 0. The van der Waals surface area contributed by atoms with Gasteiger partial charge in [0, 0.05) is 6.92 Å². The first-order valence-electron chi connectivity index (χ1n) is 5.65. The summed E-state index contributed by atoms with van der Waals surface area (Å²) in [6.45, 7) is 12.2. The highest BCUT2D eigenvalue weighted by atomic mass is 16.5. The first kappa shape index (κ1) is 12.3. The van der Waals surface area contributed by atoms with Crippen LogP contribution in [0.2, 0.25) is 0 Å². The van der Waals surface area contributed by atoms with E-state index >= 15 is 0 Å². The Morgan fingerprint density at radius 3 is 2.53 bits per heavy atom. The normalized spacial score (nSPS) is 27.6. The number of esters is 1. The third-order valence-electron chi connectivity index (χ3n) is 3.30. The van der Waals surface area contributed by atoms with Crippen LogP contribution in [0.3, 0.4) is 0 Å². The van der Waals surface area contributed by atoms with Crippen molar-refractivity contribution in [1.29, 1.82) is 0 Å². The number of hydrogen-bond acceptors (Lipinski definition) is 2. The van der Waals surface area contributed by atoms with Crippen molar-refractivity contribution in [3.05, 3.63) is 12.2 Å². The molecule has 2 heteroatoms. The van der Waals surface area contributed by atoms with Gasteiger partial charge in [-0.2, -0.15) is 0 Å². The Morgan fingerprint density at radius 1 is 1.47 bits per heavy atom. The van der Waals surface area contributed by atoms with E-state index in [0.717, 1.165) is 18.4 Å². The van der Waals surface area contributed by atoms with Crippen LogP contribution < -0.4 is 0 Å². The van der Waals surface area contributed by atoms with Gasteiger partial charge in [0.15, 0.2) is 0 Å².